The number of aliphatic hydroxyl groups is 1. The quantitative estimate of drug-likeness (QED) is 0.635. The molecule has 0 heterocycles. The van der Waals surface area contributed by atoms with E-state index in [0.717, 1.165) is 3.57 Å². The zero-order valence-electron chi connectivity index (χ0n) is 9.00. The largest absolute Gasteiger partial charge is 0.384 e. The van der Waals surface area contributed by atoms with E-state index in [9.17, 15) is 18.3 Å². The van der Waals surface area contributed by atoms with Crippen molar-refractivity contribution in [1.29, 1.82) is 0 Å². The first kappa shape index (κ1) is 13.4. The summed E-state index contributed by atoms with van der Waals surface area (Å²) in [5, 5.41) is 9.95. The van der Waals surface area contributed by atoms with Gasteiger partial charge in [0.25, 0.3) is 0 Å². The molecule has 0 aliphatic carbocycles. The summed E-state index contributed by atoms with van der Waals surface area (Å²) in [4.78, 5) is 0. The lowest BCUT2D eigenvalue weighted by atomic mass is 10.0. The number of hydrogen-bond donors (Lipinski definition) is 1. The lowest BCUT2D eigenvalue weighted by Gasteiger charge is -2.13. The van der Waals surface area contributed by atoms with Gasteiger partial charge in [-0.25, -0.2) is 13.2 Å². The summed E-state index contributed by atoms with van der Waals surface area (Å²) >= 11 is 2.09. The SMILES string of the molecule is OC(c1ccc(I)cc1)c1cc(F)c(F)cc1F. The van der Waals surface area contributed by atoms with Gasteiger partial charge in [-0.05, 0) is 46.4 Å². The Morgan fingerprint density at radius 1 is 0.889 bits per heavy atom. The summed E-state index contributed by atoms with van der Waals surface area (Å²) in [6.07, 6.45) is -1.32. The maximum Gasteiger partial charge on any atom is 0.161 e. The molecule has 5 heteroatoms. The fraction of sp³-hybridized carbons (Fsp3) is 0.0769. The van der Waals surface area contributed by atoms with Crippen molar-refractivity contribution in [2.45, 2.75) is 6.10 Å². The van der Waals surface area contributed by atoms with Crippen molar-refractivity contribution < 1.29 is 18.3 Å². The maximum atomic E-state index is 13.5. The Morgan fingerprint density at radius 3 is 2.06 bits per heavy atom. The molecule has 0 bridgehead atoms. The summed E-state index contributed by atoms with van der Waals surface area (Å²) in [5.74, 6) is -3.43. The van der Waals surface area contributed by atoms with Crippen molar-refractivity contribution in [3.05, 3.63) is 68.5 Å². The van der Waals surface area contributed by atoms with Crippen molar-refractivity contribution in [1.82, 2.24) is 0 Å². The van der Waals surface area contributed by atoms with E-state index in [2.05, 4.69) is 22.6 Å². The van der Waals surface area contributed by atoms with Crippen LogP contribution in [-0.2, 0) is 0 Å². The van der Waals surface area contributed by atoms with Crippen LogP contribution in [0, 0.1) is 21.0 Å². The molecular weight excluding hydrogens is 356 g/mol. The van der Waals surface area contributed by atoms with Gasteiger partial charge in [0.2, 0.25) is 0 Å². The molecule has 0 saturated carbocycles. The summed E-state index contributed by atoms with van der Waals surface area (Å²) in [7, 11) is 0. The highest BCUT2D eigenvalue weighted by Gasteiger charge is 2.18. The molecule has 0 amide bonds. The van der Waals surface area contributed by atoms with Crippen molar-refractivity contribution in [3.8, 4) is 0 Å². The maximum absolute atomic E-state index is 13.5. The molecule has 1 atom stereocenters. The van der Waals surface area contributed by atoms with E-state index >= 15 is 0 Å². The molecule has 94 valence electrons. The second kappa shape index (κ2) is 5.27. The second-order valence-electron chi connectivity index (χ2n) is 3.74. The van der Waals surface area contributed by atoms with Gasteiger partial charge in [0.1, 0.15) is 11.9 Å². The van der Waals surface area contributed by atoms with Crippen LogP contribution in [0.1, 0.15) is 17.2 Å². The molecule has 0 spiro atoms. The normalized spacial score (nSPS) is 12.5. The number of halogens is 4. The predicted molar refractivity (Wildman–Crippen MR) is 69.5 cm³/mol. The fourth-order valence-electron chi connectivity index (χ4n) is 1.57. The van der Waals surface area contributed by atoms with Crippen molar-refractivity contribution >= 4 is 22.6 Å². The van der Waals surface area contributed by atoms with Crippen molar-refractivity contribution in [2.75, 3.05) is 0 Å². The Morgan fingerprint density at radius 2 is 1.44 bits per heavy atom. The highest BCUT2D eigenvalue weighted by molar-refractivity contribution is 14.1. The van der Waals surface area contributed by atoms with Gasteiger partial charge in [-0.2, -0.15) is 0 Å². The van der Waals surface area contributed by atoms with Crippen LogP contribution >= 0.6 is 22.6 Å². The summed E-state index contributed by atoms with van der Waals surface area (Å²) in [6.45, 7) is 0. The van der Waals surface area contributed by atoms with E-state index in [0.29, 0.717) is 17.7 Å². The van der Waals surface area contributed by atoms with Gasteiger partial charge in [-0.1, -0.05) is 12.1 Å². The van der Waals surface area contributed by atoms with Crippen LogP contribution in [0.4, 0.5) is 13.2 Å². The first-order chi connectivity index (χ1) is 8.49. The molecule has 2 rings (SSSR count). The minimum absolute atomic E-state index is 0.282. The van der Waals surface area contributed by atoms with E-state index in [4.69, 9.17) is 0 Å². The first-order valence-electron chi connectivity index (χ1n) is 5.07. The van der Waals surface area contributed by atoms with Crippen LogP contribution in [0.15, 0.2) is 36.4 Å². The lowest BCUT2D eigenvalue weighted by Crippen LogP contribution is -2.04. The summed E-state index contributed by atoms with van der Waals surface area (Å²) in [6, 6.07) is 7.78. The van der Waals surface area contributed by atoms with Crippen LogP contribution in [-0.4, -0.2) is 5.11 Å². The lowest BCUT2D eigenvalue weighted by molar-refractivity contribution is 0.214. The van der Waals surface area contributed by atoms with Crippen molar-refractivity contribution in [3.63, 3.8) is 0 Å². The van der Waals surface area contributed by atoms with Crippen LogP contribution in [0.25, 0.3) is 0 Å². The van der Waals surface area contributed by atoms with Gasteiger partial charge in [0.05, 0.1) is 0 Å². The second-order valence-corrected chi connectivity index (χ2v) is 4.99. The zero-order valence-corrected chi connectivity index (χ0v) is 11.2. The molecule has 2 aromatic carbocycles. The first-order valence-corrected chi connectivity index (χ1v) is 6.15. The molecule has 0 aliphatic rings. The topological polar surface area (TPSA) is 20.2 Å². The molecule has 1 unspecified atom stereocenters. The third-order valence-corrected chi connectivity index (χ3v) is 3.24. The van der Waals surface area contributed by atoms with E-state index in [1.807, 2.05) is 0 Å². The van der Waals surface area contributed by atoms with E-state index in [1.54, 1.807) is 24.3 Å². The number of rotatable bonds is 2. The fourth-order valence-corrected chi connectivity index (χ4v) is 1.93. The highest BCUT2D eigenvalue weighted by Crippen LogP contribution is 2.26. The third kappa shape index (κ3) is 2.67. The minimum Gasteiger partial charge on any atom is -0.384 e. The molecular formula is C13H8F3IO. The van der Waals surface area contributed by atoms with Gasteiger partial charge in [0.15, 0.2) is 11.6 Å². The van der Waals surface area contributed by atoms with Crippen LogP contribution in [0.3, 0.4) is 0 Å². The monoisotopic (exact) mass is 364 g/mol. The van der Waals surface area contributed by atoms with Gasteiger partial charge in [0, 0.05) is 15.2 Å². The molecule has 1 nitrogen and oxygen atoms in total. The number of hydrogen-bond acceptors (Lipinski definition) is 1. The standard InChI is InChI=1S/C13H8F3IO/c14-10-6-12(16)11(15)5-9(10)13(18)7-1-3-8(17)4-2-7/h1-6,13,18H. The number of aliphatic hydroxyl groups excluding tert-OH is 1. The summed E-state index contributed by atoms with van der Waals surface area (Å²) < 4.78 is 40.3. The molecule has 0 saturated heterocycles. The zero-order chi connectivity index (χ0) is 13.3. The molecule has 0 radical (unpaired) electrons. The third-order valence-electron chi connectivity index (χ3n) is 2.52. The average Bonchev–Trinajstić information content (AvgIpc) is 2.34. The Balaban J connectivity index is 2.42. The molecule has 0 fully saturated rings. The molecule has 2 aromatic rings. The van der Waals surface area contributed by atoms with Gasteiger partial charge in [-0.3, -0.25) is 0 Å². The van der Waals surface area contributed by atoms with Gasteiger partial charge >= 0.3 is 0 Å². The number of benzene rings is 2. The smallest absolute Gasteiger partial charge is 0.161 e. The molecule has 0 aromatic heterocycles. The van der Waals surface area contributed by atoms with Crippen molar-refractivity contribution in [2.24, 2.45) is 0 Å². The minimum atomic E-state index is -1.32. The summed E-state index contributed by atoms with van der Waals surface area (Å²) in [5.41, 5.74) is 0.135. The van der Waals surface area contributed by atoms with Gasteiger partial charge < -0.3 is 5.11 Å². The van der Waals surface area contributed by atoms with E-state index in [-0.39, 0.29) is 5.56 Å². The van der Waals surface area contributed by atoms with E-state index in [1.165, 1.54) is 0 Å². The van der Waals surface area contributed by atoms with Crippen LogP contribution < -0.4 is 0 Å². The van der Waals surface area contributed by atoms with Crippen LogP contribution in [0.5, 0.6) is 0 Å². The molecule has 0 aliphatic heterocycles. The Labute approximate surface area is 115 Å². The Hall–Kier alpha value is -1.08. The van der Waals surface area contributed by atoms with Crippen LogP contribution in [0.2, 0.25) is 0 Å². The Kier molecular flexibility index (Phi) is 3.91. The Bertz CT molecular complexity index is 569. The molecule has 1 N–H and O–H groups in total. The predicted octanol–water partition coefficient (Wildman–Crippen LogP) is 3.79. The van der Waals surface area contributed by atoms with E-state index < -0.39 is 23.6 Å². The average molecular weight is 364 g/mol. The molecule has 18 heavy (non-hydrogen) atoms. The highest BCUT2D eigenvalue weighted by atomic mass is 127. The van der Waals surface area contributed by atoms with Gasteiger partial charge in [-0.15, -0.1) is 0 Å².